The number of rotatable bonds is 1. The van der Waals surface area contributed by atoms with E-state index in [1.54, 1.807) is 0 Å². The van der Waals surface area contributed by atoms with Crippen LogP contribution in [-0.4, -0.2) is 5.25 Å². The van der Waals surface area contributed by atoms with E-state index in [4.69, 9.17) is 0 Å². The molecule has 78 valence electrons. The smallest absolute Gasteiger partial charge is 0.00219 e. The van der Waals surface area contributed by atoms with Crippen LogP contribution >= 0.6 is 12.6 Å². The van der Waals surface area contributed by atoms with Gasteiger partial charge in [0.2, 0.25) is 0 Å². The van der Waals surface area contributed by atoms with Crippen molar-refractivity contribution >= 4 is 12.6 Å². The Hall–Kier alpha value is 0.350. The molecule has 0 saturated heterocycles. The van der Waals surface area contributed by atoms with Crippen LogP contribution in [0.2, 0.25) is 0 Å². The molecular weight excluding hydrogens is 176 g/mol. The highest BCUT2D eigenvalue weighted by Crippen LogP contribution is 2.38. The summed E-state index contributed by atoms with van der Waals surface area (Å²) in [6.07, 6.45) is 5.46. The van der Waals surface area contributed by atoms with E-state index in [0.717, 1.165) is 11.8 Å². The lowest BCUT2D eigenvalue weighted by atomic mass is 9.74. The maximum atomic E-state index is 4.63. The van der Waals surface area contributed by atoms with Gasteiger partial charge in [0.05, 0.1) is 0 Å². The molecule has 0 heterocycles. The van der Waals surface area contributed by atoms with Gasteiger partial charge >= 0.3 is 0 Å². The Kier molecular flexibility index (Phi) is 3.73. The van der Waals surface area contributed by atoms with Crippen molar-refractivity contribution in [3.8, 4) is 0 Å². The molecule has 0 nitrogen and oxygen atoms in total. The number of thiol groups is 1. The van der Waals surface area contributed by atoms with Gasteiger partial charge in [-0.1, -0.05) is 27.7 Å². The van der Waals surface area contributed by atoms with Crippen LogP contribution in [0.1, 0.15) is 53.4 Å². The van der Waals surface area contributed by atoms with Gasteiger partial charge in [0, 0.05) is 5.25 Å². The van der Waals surface area contributed by atoms with E-state index in [2.05, 4.69) is 40.3 Å². The average Bonchev–Trinajstić information content (AvgIpc) is 1.78. The average molecular weight is 200 g/mol. The predicted molar refractivity (Wildman–Crippen MR) is 63.4 cm³/mol. The van der Waals surface area contributed by atoms with Crippen molar-refractivity contribution in [2.45, 2.75) is 58.6 Å². The summed E-state index contributed by atoms with van der Waals surface area (Å²) < 4.78 is 0. The Morgan fingerprint density at radius 2 is 1.77 bits per heavy atom. The van der Waals surface area contributed by atoms with Gasteiger partial charge in [-0.15, -0.1) is 0 Å². The molecule has 3 atom stereocenters. The standard InChI is InChI=1S/C12H24S/c1-9-5-10(7-11(13)6-9)8-12(2,3)4/h9-11,13H,5-8H2,1-4H3. The SMILES string of the molecule is CC1CC(S)CC(CC(C)(C)C)C1. The first-order chi connectivity index (χ1) is 5.87. The van der Waals surface area contributed by atoms with Crippen LogP contribution in [0.25, 0.3) is 0 Å². The van der Waals surface area contributed by atoms with E-state index < -0.39 is 0 Å². The van der Waals surface area contributed by atoms with Crippen LogP contribution in [0, 0.1) is 17.3 Å². The zero-order chi connectivity index (χ0) is 10.1. The van der Waals surface area contributed by atoms with Gasteiger partial charge < -0.3 is 0 Å². The van der Waals surface area contributed by atoms with Gasteiger partial charge in [0.1, 0.15) is 0 Å². The first-order valence-corrected chi connectivity index (χ1v) is 6.06. The Balaban J connectivity index is 2.42. The molecule has 1 fully saturated rings. The van der Waals surface area contributed by atoms with E-state index >= 15 is 0 Å². The van der Waals surface area contributed by atoms with Crippen molar-refractivity contribution in [2.24, 2.45) is 17.3 Å². The van der Waals surface area contributed by atoms with E-state index in [0.29, 0.717) is 10.7 Å². The first kappa shape index (κ1) is 11.4. The molecule has 1 heteroatoms. The second-order valence-electron chi connectivity index (χ2n) is 6.10. The quantitative estimate of drug-likeness (QED) is 0.604. The fraction of sp³-hybridized carbons (Fsp3) is 1.00. The van der Waals surface area contributed by atoms with Crippen LogP contribution in [0.5, 0.6) is 0 Å². The molecular formula is C12H24S. The molecule has 3 unspecified atom stereocenters. The lowest BCUT2D eigenvalue weighted by Gasteiger charge is -2.34. The summed E-state index contributed by atoms with van der Waals surface area (Å²) in [6.45, 7) is 9.41. The van der Waals surface area contributed by atoms with Crippen molar-refractivity contribution < 1.29 is 0 Å². The van der Waals surface area contributed by atoms with E-state index in [1.165, 1.54) is 25.7 Å². The minimum absolute atomic E-state index is 0.495. The minimum Gasteiger partial charge on any atom is -0.176 e. The summed E-state index contributed by atoms with van der Waals surface area (Å²) in [5, 5.41) is 0.663. The summed E-state index contributed by atoms with van der Waals surface area (Å²) in [7, 11) is 0. The molecule has 0 bridgehead atoms. The van der Waals surface area contributed by atoms with Crippen molar-refractivity contribution in [3.05, 3.63) is 0 Å². The third kappa shape index (κ3) is 4.39. The maximum Gasteiger partial charge on any atom is 0.00219 e. The molecule has 0 aromatic heterocycles. The van der Waals surface area contributed by atoms with Crippen LogP contribution in [0.3, 0.4) is 0 Å². The predicted octanol–water partition coefficient (Wildman–Crippen LogP) is 4.16. The normalized spacial score (nSPS) is 36.2. The molecule has 1 aliphatic carbocycles. The largest absolute Gasteiger partial charge is 0.176 e. The summed E-state index contributed by atoms with van der Waals surface area (Å²) in [5.74, 6) is 1.81. The fourth-order valence-corrected chi connectivity index (χ4v) is 3.40. The zero-order valence-electron chi connectivity index (χ0n) is 9.51. The molecule has 0 amide bonds. The Morgan fingerprint density at radius 3 is 2.23 bits per heavy atom. The second kappa shape index (κ2) is 4.25. The molecule has 0 aromatic rings. The molecule has 0 N–H and O–H groups in total. The molecule has 0 aliphatic heterocycles. The van der Waals surface area contributed by atoms with Crippen LogP contribution in [-0.2, 0) is 0 Å². The molecule has 0 radical (unpaired) electrons. The van der Waals surface area contributed by atoms with E-state index in [9.17, 15) is 0 Å². The van der Waals surface area contributed by atoms with Gasteiger partial charge in [-0.3, -0.25) is 0 Å². The molecule has 1 rings (SSSR count). The fourth-order valence-electron chi connectivity index (χ4n) is 2.74. The van der Waals surface area contributed by atoms with Crippen LogP contribution in [0.4, 0.5) is 0 Å². The highest BCUT2D eigenvalue weighted by Gasteiger charge is 2.27. The van der Waals surface area contributed by atoms with Crippen LogP contribution in [0.15, 0.2) is 0 Å². The second-order valence-corrected chi connectivity index (χ2v) is 6.83. The third-order valence-corrected chi connectivity index (χ3v) is 3.34. The molecule has 1 aliphatic rings. The van der Waals surface area contributed by atoms with Gasteiger partial charge in [0.15, 0.2) is 0 Å². The lowest BCUT2D eigenvalue weighted by Crippen LogP contribution is -2.25. The van der Waals surface area contributed by atoms with Gasteiger partial charge in [-0.2, -0.15) is 12.6 Å². The summed E-state index contributed by atoms with van der Waals surface area (Å²) in [5.41, 5.74) is 0.495. The monoisotopic (exact) mass is 200 g/mol. The van der Waals surface area contributed by atoms with E-state index in [-0.39, 0.29) is 0 Å². The highest BCUT2D eigenvalue weighted by molar-refractivity contribution is 7.80. The van der Waals surface area contributed by atoms with E-state index in [1.807, 2.05) is 0 Å². The maximum absolute atomic E-state index is 4.63. The molecule has 0 aromatic carbocycles. The summed E-state index contributed by atoms with van der Waals surface area (Å²) in [4.78, 5) is 0. The zero-order valence-corrected chi connectivity index (χ0v) is 10.4. The lowest BCUT2D eigenvalue weighted by molar-refractivity contribution is 0.210. The van der Waals surface area contributed by atoms with Crippen molar-refractivity contribution in [1.82, 2.24) is 0 Å². The highest BCUT2D eigenvalue weighted by atomic mass is 32.1. The molecule has 1 saturated carbocycles. The van der Waals surface area contributed by atoms with Crippen LogP contribution < -0.4 is 0 Å². The Morgan fingerprint density at radius 1 is 1.15 bits per heavy atom. The summed E-state index contributed by atoms with van der Waals surface area (Å²) in [6, 6.07) is 0. The van der Waals surface area contributed by atoms with Crippen molar-refractivity contribution in [1.29, 1.82) is 0 Å². The first-order valence-electron chi connectivity index (χ1n) is 5.55. The third-order valence-electron chi connectivity index (χ3n) is 2.92. The number of hydrogen-bond donors (Lipinski definition) is 1. The molecule has 0 spiro atoms. The van der Waals surface area contributed by atoms with Crippen molar-refractivity contribution in [2.75, 3.05) is 0 Å². The van der Waals surface area contributed by atoms with Gasteiger partial charge in [0.25, 0.3) is 0 Å². The minimum atomic E-state index is 0.495. The van der Waals surface area contributed by atoms with Gasteiger partial charge in [-0.25, -0.2) is 0 Å². The summed E-state index contributed by atoms with van der Waals surface area (Å²) >= 11 is 4.63. The Labute approximate surface area is 88.9 Å². The Bertz CT molecular complexity index is 147. The van der Waals surface area contributed by atoms with Crippen molar-refractivity contribution in [3.63, 3.8) is 0 Å². The molecule has 13 heavy (non-hydrogen) atoms. The number of hydrogen-bond acceptors (Lipinski definition) is 1. The van der Waals surface area contributed by atoms with Gasteiger partial charge in [-0.05, 0) is 42.9 Å². The topological polar surface area (TPSA) is 0 Å².